The Bertz CT molecular complexity index is 1180. The summed E-state index contributed by atoms with van der Waals surface area (Å²) >= 11 is 1.44. The number of nitrogens with zero attached hydrogens (tertiary/aromatic N) is 4. The van der Waals surface area contributed by atoms with Gasteiger partial charge in [-0.2, -0.15) is 10.4 Å². The fourth-order valence-corrected chi connectivity index (χ4v) is 3.55. The van der Waals surface area contributed by atoms with Crippen molar-refractivity contribution in [2.45, 2.75) is 11.6 Å². The third kappa shape index (κ3) is 3.55. The lowest BCUT2D eigenvalue weighted by Crippen LogP contribution is -2.00. The Labute approximate surface area is 165 Å². The van der Waals surface area contributed by atoms with Gasteiger partial charge in [0.25, 0.3) is 0 Å². The van der Waals surface area contributed by atoms with Gasteiger partial charge in [-0.05, 0) is 30.0 Å². The molecular weight excluding hydrogens is 373 g/mol. The van der Waals surface area contributed by atoms with Crippen LogP contribution in [0.15, 0.2) is 66.0 Å². The number of fused-ring (bicyclic) bond motifs is 1. The van der Waals surface area contributed by atoms with Gasteiger partial charge >= 0.3 is 0 Å². The molecule has 5 nitrogen and oxygen atoms in total. The van der Waals surface area contributed by atoms with E-state index in [2.05, 4.69) is 21.5 Å². The zero-order valence-corrected chi connectivity index (χ0v) is 15.9. The molecule has 0 saturated heterocycles. The first-order chi connectivity index (χ1) is 13.7. The van der Waals surface area contributed by atoms with Crippen molar-refractivity contribution in [3.05, 3.63) is 77.9 Å². The minimum Gasteiger partial charge on any atom is -0.351 e. The Morgan fingerprint density at radius 3 is 2.71 bits per heavy atom. The van der Waals surface area contributed by atoms with Crippen molar-refractivity contribution < 1.29 is 4.39 Å². The molecule has 0 unspecified atom stereocenters. The predicted molar refractivity (Wildman–Crippen MR) is 109 cm³/mol. The monoisotopic (exact) mass is 389 g/mol. The van der Waals surface area contributed by atoms with Crippen LogP contribution in [0.1, 0.15) is 11.1 Å². The number of halogens is 1. The molecule has 7 heteroatoms. The third-order valence-electron chi connectivity index (χ3n) is 4.32. The van der Waals surface area contributed by atoms with Crippen molar-refractivity contribution in [2.75, 3.05) is 11.6 Å². The van der Waals surface area contributed by atoms with E-state index < -0.39 is 0 Å². The van der Waals surface area contributed by atoms with Crippen molar-refractivity contribution in [3.63, 3.8) is 0 Å². The molecule has 0 saturated carbocycles. The first-order valence-corrected chi connectivity index (χ1v) is 9.81. The van der Waals surface area contributed by atoms with E-state index >= 15 is 0 Å². The van der Waals surface area contributed by atoms with E-state index in [0.29, 0.717) is 17.1 Å². The molecule has 0 amide bonds. The Morgan fingerprint density at radius 1 is 1.18 bits per heavy atom. The summed E-state index contributed by atoms with van der Waals surface area (Å²) in [4.78, 5) is 4.58. The molecule has 0 fully saturated rings. The van der Waals surface area contributed by atoms with Crippen molar-refractivity contribution in [1.82, 2.24) is 14.8 Å². The third-order valence-corrected chi connectivity index (χ3v) is 5.01. The van der Waals surface area contributed by atoms with Crippen LogP contribution in [0.4, 0.5) is 15.8 Å². The smallest absolute Gasteiger partial charge is 0.123 e. The van der Waals surface area contributed by atoms with E-state index in [-0.39, 0.29) is 5.82 Å². The number of hydrogen-bond donors (Lipinski definition) is 1. The molecule has 0 bridgehead atoms. The highest BCUT2D eigenvalue weighted by molar-refractivity contribution is 7.98. The normalized spacial score (nSPS) is 10.8. The van der Waals surface area contributed by atoms with E-state index in [4.69, 9.17) is 0 Å². The van der Waals surface area contributed by atoms with Gasteiger partial charge < -0.3 is 5.32 Å². The molecule has 1 N–H and O–H groups in total. The van der Waals surface area contributed by atoms with Crippen LogP contribution in [-0.2, 0) is 6.54 Å². The average molecular weight is 389 g/mol. The maximum absolute atomic E-state index is 13.1. The Balaban J connectivity index is 1.68. The minimum absolute atomic E-state index is 0.259. The first-order valence-electron chi connectivity index (χ1n) is 8.58. The number of aromatic nitrogens is 3. The molecule has 4 aromatic rings. The highest BCUT2D eigenvalue weighted by Crippen LogP contribution is 2.34. The number of hydrogen-bond acceptors (Lipinski definition) is 5. The molecule has 0 aliphatic carbocycles. The Hall–Kier alpha value is -3.37. The number of nitrogens with one attached hydrogen (secondary N) is 1. The molecule has 2 aromatic heterocycles. The number of anilines is 2. The number of pyridine rings is 1. The number of benzene rings is 2. The molecule has 4 rings (SSSR count). The van der Waals surface area contributed by atoms with Crippen molar-refractivity contribution in [1.29, 1.82) is 5.26 Å². The summed E-state index contributed by atoms with van der Waals surface area (Å²) in [6, 6.07) is 16.3. The number of thioether (sulfide) groups is 1. The SMILES string of the molecule is CSc1nc2ccccc2c(Nc2cnn(Cc3ccc(F)cc3)c2)c1C#N. The average Bonchev–Trinajstić information content (AvgIpc) is 3.16. The summed E-state index contributed by atoms with van der Waals surface area (Å²) in [5.74, 6) is -0.259. The van der Waals surface area contributed by atoms with Crippen molar-refractivity contribution >= 4 is 34.0 Å². The standard InChI is InChI=1S/C21H16FN5S/c1-28-21-18(10-23)20(17-4-2-3-5-19(17)26-21)25-16-11-24-27(13-16)12-14-6-8-15(22)9-7-14/h2-9,11,13H,12H2,1H3,(H,25,26). The number of rotatable bonds is 5. The Kier molecular flexibility index (Phi) is 4.96. The van der Waals surface area contributed by atoms with Gasteiger partial charge in [0.05, 0.1) is 29.6 Å². The van der Waals surface area contributed by atoms with Gasteiger partial charge in [-0.25, -0.2) is 9.37 Å². The van der Waals surface area contributed by atoms with Gasteiger partial charge in [-0.3, -0.25) is 4.68 Å². The summed E-state index contributed by atoms with van der Waals surface area (Å²) in [6.45, 7) is 0.528. The molecule has 2 heterocycles. The highest BCUT2D eigenvalue weighted by Gasteiger charge is 2.15. The van der Waals surface area contributed by atoms with Crippen LogP contribution in [-0.4, -0.2) is 21.0 Å². The molecule has 0 radical (unpaired) electrons. The van der Waals surface area contributed by atoms with E-state index in [1.54, 1.807) is 23.0 Å². The van der Waals surface area contributed by atoms with E-state index in [1.807, 2.05) is 36.7 Å². The number of nitriles is 1. The molecule has 138 valence electrons. The van der Waals surface area contributed by atoms with Crippen molar-refractivity contribution in [3.8, 4) is 6.07 Å². The predicted octanol–water partition coefficient (Wildman–Crippen LogP) is 4.96. The van der Waals surface area contributed by atoms with E-state index in [1.165, 1.54) is 23.9 Å². The molecular formula is C21H16FN5S. The maximum atomic E-state index is 13.1. The second kappa shape index (κ2) is 7.71. The zero-order chi connectivity index (χ0) is 19.5. The first kappa shape index (κ1) is 18.0. The van der Waals surface area contributed by atoms with Crippen LogP contribution in [0.3, 0.4) is 0 Å². The lowest BCUT2D eigenvalue weighted by molar-refractivity contribution is 0.624. The quantitative estimate of drug-likeness (QED) is 0.489. The van der Waals surface area contributed by atoms with E-state index in [0.717, 1.165) is 27.8 Å². The van der Waals surface area contributed by atoms with Crippen LogP contribution in [0.2, 0.25) is 0 Å². The fraction of sp³-hybridized carbons (Fsp3) is 0.0952. The van der Waals surface area contributed by atoms with Crippen LogP contribution in [0.25, 0.3) is 10.9 Å². The molecule has 0 aliphatic heterocycles. The van der Waals surface area contributed by atoms with Gasteiger partial charge in [-0.1, -0.05) is 30.3 Å². The lowest BCUT2D eigenvalue weighted by Gasteiger charge is -2.12. The lowest BCUT2D eigenvalue weighted by atomic mass is 10.1. The summed E-state index contributed by atoms with van der Waals surface area (Å²) in [5.41, 5.74) is 3.78. The summed E-state index contributed by atoms with van der Waals surface area (Å²) in [5, 5.41) is 19.0. The van der Waals surface area contributed by atoms with Crippen LogP contribution in [0, 0.1) is 17.1 Å². The van der Waals surface area contributed by atoms with Gasteiger partial charge in [0.15, 0.2) is 0 Å². The summed E-state index contributed by atoms with van der Waals surface area (Å²) in [7, 11) is 0. The molecule has 0 spiro atoms. The molecule has 28 heavy (non-hydrogen) atoms. The second-order valence-electron chi connectivity index (χ2n) is 6.18. The van der Waals surface area contributed by atoms with Gasteiger partial charge in [0.1, 0.15) is 22.5 Å². The largest absolute Gasteiger partial charge is 0.351 e. The van der Waals surface area contributed by atoms with Crippen molar-refractivity contribution in [2.24, 2.45) is 0 Å². The summed E-state index contributed by atoms with van der Waals surface area (Å²) < 4.78 is 14.8. The maximum Gasteiger partial charge on any atom is 0.123 e. The highest BCUT2D eigenvalue weighted by atomic mass is 32.2. The molecule has 0 aliphatic rings. The van der Waals surface area contributed by atoms with Crippen LogP contribution >= 0.6 is 11.8 Å². The van der Waals surface area contributed by atoms with Crippen LogP contribution in [0.5, 0.6) is 0 Å². The van der Waals surface area contributed by atoms with Gasteiger partial charge in [-0.15, -0.1) is 11.8 Å². The molecule has 2 aromatic carbocycles. The minimum atomic E-state index is -0.259. The molecule has 0 atom stereocenters. The number of para-hydroxylation sites is 1. The van der Waals surface area contributed by atoms with Gasteiger partial charge in [0, 0.05) is 11.6 Å². The summed E-state index contributed by atoms with van der Waals surface area (Å²) in [6.07, 6.45) is 5.47. The van der Waals surface area contributed by atoms with Gasteiger partial charge in [0.2, 0.25) is 0 Å². The Morgan fingerprint density at radius 2 is 1.96 bits per heavy atom. The fourth-order valence-electron chi connectivity index (χ4n) is 3.01. The topological polar surface area (TPSA) is 66.5 Å². The van der Waals surface area contributed by atoms with Crippen LogP contribution < -0.4 is 5.32 Å². The van der Waals surface area contributed by atoms with E-state index in [9.17, 15) is 9.65 Å². The second-order valence-corrected chi connectivity index (χ2v) is 6.97. The zero-order valence-electron chi connectivity index (χ0n) is 15.1.